The summed E-state index contributed by atoms with van der Waals surface area (Å²) in [6.07, 6.45) is 0. The SMILES string of the molecule is CC(C)c1cc(C(C)C)c([Te](=[18O])[18OH])c(C(C)C)c1. The van der Waals surface area contributed by atoms with Gasteiger partial charge in [0.1, 0.15) is 0 Å². The van der Waals surface area contributed by atoms with Crippen molar-refractivity contribution < 1.29 is 6.58 Å². The second-order valence-electron chi connectivity index (χ2n) is 5.74. The van der Waals surface area contributed by atoms with Gasteiger partial charge in [-0.05, 0) is 0 Å². The van der Waals surface area contributed by atoms with Crippen LogP contribution in [0.1, 0.15) is 76.0 Å². The van der Waals surface area contributed by atoms with E-state index < -0.39 is 19.9 Å². The van der Waals surface area contributed by atoms with Crippen molar-refractivity contribution >= 4 is 23.6 Å². The summed E-state index contributed by atoms with van der Waals surface area (Å²) < 4.78 is 22.3. The zero-order valence-electron chi connectivity index (χ0n) is 12.2. The third kappa shape index (κ3) is 3.41. The first-order valence-corrected chi connectivity index (χ1v) is 9.70. The molecule has 0 heterocycles. The van der Waals surface area contributed by atoms with Gasteiger partial charge in [0.05, 0.1) is 0 Å². The first-order chi connectivity index (χ1) is 8.25. The van der Waals surface area contributed by atoms with Gasteiger partial charge in [0.15, 0.2) is 0 Å². The Morgan fingerprint density at radius 2 is 1.28 bits per heavy atom. The van der Waals surface area contributed by atoms with Crippen molar-refractivity contribution in [1.82, 2.24) is 0 Å². The van der Waals surface area contributed by atoms with E-state index in [-0.39, 0.29) is 0 Å². The molecule has 1 rings (SSSR count). The Balaban J connectivity index is 3.60. The van der Waals surface area contributed by atoms with E-state index in [0.717, 1.165) is 14.7 Å². The van der Waals surface area contributed by atoms with Gasteiger partial charge in [-0.1, -0.05) is 0 Å². The Morgan fingerprint density at radius 3 is 1.50 bits per heavy atom. The first kappa shape index (κ1) is 15.8. The summed E-state index contributed by atoms with van der Waals surface area (Å²) in [6.45, 7) is 12.7. The zero-order valence-corrected chi connectivity index (χ0v) is 14.5. The van der Waals surface area contributed by atoms with Gasteiger partial charge < -0.3 is 0 Å². The average Bonchev–Trinajstić information content (AvgIpc) is 2.26. The van der Waals surface area contributed by atoms with Crippen LogP contribution >= 0.6 is 0 Å². The van der Waals surface area contributed by atoms with E-state index >= 15 is 0 Å². The predicted octanol–water partition coefficient (Wildman–Crippen LogP) is 3.17. The predicted molar refractivity (Wildman–Crippen MR) is 77.0 cm³/mol. The molecule has 1 N–H and O–H groups in total. The molecule has 0 aromatic heterocycles. The molecule has 2 nitrogen and oxygen atoms in total. The van der Waals surface area contributed by atoms with Gasteiger partial charge in [-0.3, -0.25) is 0 Å². The molecule has 0 spiro atoms. The van der Waals surface area contributed by atoms with Gasteiger partial charge in [0.25, 0.3) is 0 Å². The summed E-state index contributed by atoms with van der Waals surface area (Å²) in [7, 11) is 0. The fourth-order valence-corrected chi connectivity index (χ4v) is 4.92. The van der Waals surface area contributed by atoms with Gasteiger partial charge in [-0.2, -0.15) is 0 Å². The zero-order chi connectivity index (χ0) is 14.0. The van der Waals surface area contributed by atoms with Crippen LogP contribution in [0.3, 0.4) is 0 Å². The molecule has 0 aliphatic rings. The summed E-state index contributed by atoms with van der Waals surface area (Å²) >= 11 is -3.33. The first-order valence-electron chi connectivity index (χ1n) is 6.54. The molecule has 102 valence electrons. The summed E-state index contributed by atoms with van der Waals surface area (Å²) in [5.74, 6) is 1.03. The summed E-state index contributed by atoms with van der Waals surface area (Å²) in [5, 5.41) is 0. The van der Waals surface area contributed by atoms with E-state index in [9.17, 15) is 6.58 Å². The van der Waals surface area contributed by atoms with Crippen LogP contribution in [-0.2, 0) is 3.10 Å². The van der Waals surface area contributed by atoms with Crippen LogP contribution in [0.4, 0.5) is 0 Å². The molecule has 0 unspecified atom stereocenters. The second kappa shape index (κ2) is 6.28. The van der Waals surface area contributed by atoms with Crippen molar-refractivity contribution in [3.63, 3.8) is 0 Å². The fraction of sp³-hybridized carbons (Fsp3) is 0.600. The van der Waals surface area contributed by atoms with Gasteiger partial charge in [0.2, 0.25) is 0 Å². The third-order valence-corrected chi connectivity index (χ3v) is 5.60. The summed E-state index contributed by atoms with van der Waals surface area (Å²) in [6, 6.07) is 4.25. The van der Waals surface area contributed by atoms with E-state index in [2.05, 4.69) is 53.7 Å². The Labute approximate surface area is 118 Å². The number of hydrogen-bond donors (Lipinski definition) is 1. The molecule has 0 saturated carbocycles. The molecule has 3 heteroatoms. The van der Waals surface area contributed by atoms with Crippen molar-refractivity contribution in [2.45, 2.75) is 59.3 Å². The Morgan fingerprint density at radius 1 is 0.889 bits per heavy atom. The molecular formula is C15H24O2Te. The molecule has 0 amide bonds. The molecule has 0 bridgehead atoms. The standard InChI is InChI=1S/C15H24O2Te/c1-9(2)12-7-13(10(3)4)15(18(16)17)14(8-12)11(5)6/h7-11H,1-6H3,(H,16,17)/i16+2,17+2. The van der Waals surface area contributed by atoms with Crippen LogP contribution in [0.2, 0.25) is 0 Å². The molecule has 0 fully saturated rings. The van der Waals surface area contributed by atoms with Crippen LogP contribution in [0.5, 0.6) is 0 Å². The quantitative estimate of drug-likeness (QED) is 0.655. The van der Waals surface area contributed by atoms with E-state index in [1.54, 1.807) is 0 Å². The average molecular weight is 368 g/mol. The second-order valence-corrected chi connectivity index (χ2v) is 8.33. The molecule has 1 aromatic carbocycles. The minimum atomic E-state index is -3.33. The monoisotopic (exact) mass is 370 g/mol. The fourth-order valence-electron chi connectivity index (χ4n) is 2.09. The van der Waals surface area contributed by atoms with Crippen LogP contribution in [0.25, 0.3) is 0 Å². The van der Waals surface area contributed by atoms with Gasteiger partial charge >= 0.3 is 118 Å². The van der Waals surface area contributed by atoms with Crippen LogP contribution in [0.15, 0.2) is 12.1 Å². The molecule has 1 aromatic rings. The molecule has 0 atom stereocenters. The van der Waals surface area contributed by atoms with Crippen LogP contribution in [-0.4, -0.2) is 23.4 Å². The van der Waals surface area contributed by atoms with Gasteiger partial charge in [0, 0.05) is 0 Å². The summed E-state index contributed by atoms with van der Waals surface area (Å²) in [5.41, 5.74) is 3.41. The normalized spacial score (nSPS) is 12.2. The topological polar surface area (TPSA) is 37.3 Å². The molecule has 0 aliphatic carbocycles. The van der Waals surface area contributed by atoms with E-state index in [4.69, 9.17) is 0 Å². The summed E-state index contributed by atoms with van der Waals surface area (Å²) in [4.78, 5) is 0. The van der Waals surface area contributed by atoms with Crippen LogP contribution in [0, 0.1) is 0 Å². The van der Waals surface area contributed by atoms with Gasteiger partial charge in [-0.15, -0.1) is 0 Å². The van der Waals surface area contributed by atoms with Crippen molar-refractivity contribution in [1.29, 1.82) is 0 Å². The number of benzene rings is 1. The van der Waals surface area contributed by atoms with Crippen molar-refractivity contribution in [3.05, 3.63) is 28.8 Å². The van der Waals surface area contributed by atoms with Crippen molar-refractivity contribution in [3.8, 4) is 0 Å². The Bertz CT molecular complexity index is 419. The number of rotatable bonds is 4. The maximum atomic E-state index is 11.8. The van der Waals surface area contributed by atoms with E-state index in [0.29, 0.717) is 17.8 Å². The molecule has 0 saturated heterocycles. The van der Waals surface area contributed by atoms with E-state index in [1.165, 1.54) is 5.56 Å². The third-order valence-electron chi connectivity index (χ3n) is 3.25. The molecule has 0 aliphatic heterocycles. The van der Waals surface area contributed by atoms with E-state index in [1.807, 2.05) is 0 Å². The maximum absolute atomic E-state index is 11.8. The Kier molecular flexibility index (Phi) is 5.52. The molecular weight excluding hydrogens is 344 g/mol. The van der Waals surface area contributed by atoms with Crippen molar-refractivity contribution in [2.75, 3.05) is 0 Å². The number of hydrogen-bond acceptors (Lipinski definition) is 1. The Hall–Kier alpha value is -0.230. The van der Waals surface area contributed by atoms with Crippen molar-refractivity contribution in [2.24, 2.45) is 0 Å². The van der Waals surface area contributed by atoms with Crippen LogP contribution < -0.4 is 3.61 Å². The molecule has 18 heavy (non-hydrogen) atoms. The van der Waals surface area contributed by atoms with Gasteiger partial charge in [-0.25, -0.2) is 0 Å². The minimum absolute atomic E-state index is 0.292. The molecule has 0 radical (unpaired) electrons.